The van der Waals surface area contributed by atoms with Crippen molar-refractivity contribution in [1.29, 1.82) is 0 Å². The number of nitrogens with zero attached hydrogens (tertiary/aromatic N) is 3. The predicted octanol–water partition coefficient (Wildman–Crippen LogP) is 1.84. The van der Waals surface area contributed by atoms with E-state index in [0.29, 0.717) is 24.5 Å². The number of hydrogen-bond acceptors (Lipinski definition) is 5. The van der Waals surface area contributed by atoms with Crippen LogP contribution in [0.5, 0.6) is 0 Å². The van der Waals surface area contributed by atoms with Crippen molar-refractivity contribution in [2.75, 3.05) is 18.4 Å². The SMILES string of the molecule is NC1=NC2(CCN(C(=O)c3cccnc3)CC2)Nc2ccccc21. The Kier molecular flexibility index (Phi) is 3.45. The second-order valence-electron chi connectivity index (χ2n) is 6.23. The fourth-order valence-electron chi connectivity index (χ4n) is 3.37. The third-order valence-corrected chi connectivity index (χ3v) is 4.69. The summed E-state index contributed by atoms with van der Waals surface area (Å²) in [6.45, 7) is 1.28. The van der Waals surface area contributed by atoms with Crippen LogP contribution in [0.25, 0.3) is 0 Å². The van der Waals surface area contributed by atoms with Gasteiger partial charge in [0.2, 0.25) is 0 Å². The van der Waals surface area contributed by atoms with Gasteiger partial charge in [-0.05, 0) is 24.3 Å². The van der Waals surface area contributed by atoms with E-state index in [-0.39, 0.29) is 5.91 Å². The number of nitrogens with one attached hydrogen (secondary N) is 1. The maximum atomic E-state index is 12.5. The predicted molar refractivity (Wildman–Crippen MR) is 92.9 cm³/mol. The van der Waals surface area contributed by atoms with Crippen molar-refractivity contribution in [3.63, 3.8) is 0 Å². The number of anilines is 1. The van der Waals surface area contributed by atoms with E-state index in [1.54, 1.807) is 24.5 Å². The number of para-hydroxylation sites is 1. The van der Waals surface area contributed by atoms with Gasteiger partial charge < -0.3 is 16.0 Å². The molecule has 0 bridgehead atoms. The first kappa shape index (κ1) is 14.7. The van der Waals surface area contributed by atoms with Gasteiger partial charge in [0.1, 0.15) is 11.5 Å². The smallest absolute Gasteiger partial charge is 0.255 e. The summed E-state index contributed by atoms with van der Waals surface area (Å²) in [5, 5.41) is 3.52. The molecule has 122 valence electrons. The first-order valence-electron chi connectivity index (χ1n) is 8.09. The highest BCUT2D eigenvalue weighted by Gasteiger charge is 2.38. The number of hydrogen-bond donors (Lipinski definition) is 2. The van der Waals surface area contributed by atoms with Gasteiger partial charge in [-0.25, -0.2) is 4.99 Å². The molecular weight excluding hydrogens is 302 g/mol. The Bertz CT molecular complexity index is 794. The summed E-state index contributed by atoms with van der Waals surface area (Å²) in [5.41, 5.74) is 8.32. The molecule has 1 aromatic heterocycles. The zero-order chi connectivity index (χ0) is 16.6. The number of pyridine rings is 1. The topological polar surface area (TPSA) is 83.6 Å². The molecule has 2 aromatic rings. The highest BCUT2D eigenvalue weighted by Crippen LogP contribution is 2.34. The van der Waals surface area contributed by atoms with Crippen LogP contribution in [0.3, 0.4) is 0 Å². The molecule has 0 unspecified atom stereocenters. The molecule has 0 saturated carbocycles. The molecule has 0 radical (unpaired) electrons. The molecule has 1 fully saturated rings. The number of aliphatic imine (C=N–C) groups is 1. The molecule has 4 rings (SSSR count). The number of benzene rings is 1. The molecule has 0 aliphatic carbocycles. The van der Waals surface area contributed by atoms with Gasteiger partial charge >= 0.3 is 0 Å². The Morgan fingerprint density at radius 1 is 1.17 bits per heavy atom. The summed E-state index contributed by atoms with van der Waals surface area (Å²) in [4.78, 5) is 23.1. The van der Waals surface area contributed by atoms with Gasteiger partial charge in [0.15, 0.2) is 0 Å². The van der Waals surface area contributed by atoms with Crippen LogP contribution in [0, 0.1) is 0 Å². The molecular formula is C18H19N5O. The van der Waals surface area contributed by atoms with E-state index in [0.717, 1.165) is 24.1 Å². The van der Waals surface area contributed by atoms with Crippen molar-refractivity contribution < 1.29 is 4.79 Å². The zero-order valence-electron chi connectivity index (χ0n) is 13.3. The number of aromatic nitrogens is 1. The van der Waals surface area contributed by atoms with Crippen LogP contribution in [0.2, 0.25) is 0 Å². The second kappa shape index (κ2) is 5.63. The lowest BCUT2D eigenvalue weighted by molar-refractivity contribution is 0.0685. The number of piperidine rings is 1. The molecule has 1 spiro atoms. The largest absolute Gasteiger partial charge is 0.383 e. The number of fused-ring (bicyclic) bond motifs is 1. The van der Waals surface area contributed by atoms with E-state index in [9.17, 15) is 4.79 Å². The van der Waals surface area contributed by atoms with Crippen LogP contribution in [0.4, 0.5) is 5.69 Å². The molecule has 3 N–H and O–H groups in total. The Balaban J connectivity index is 1.51. The minimum absolute atomic E-state index is 0.0195. The minimum Gasteiger partial charge on any atom is -0.383 e. The van der Waals surface area contributed by atoms with Crippen molar-refractivity contribution in [3.8, 4) is 0 Å². The van der Waals surface area contributed by atoms with Crippen LogP contribution in [0.1, 0.15) is 28.8 Å². The fraction of sp³-hybridized carbons (Fsp3) is 0.278. The summed E-state index contributed by atoms with van der Waals surface area (Å²) in [7, 11) is 0. The van der Waals surface area contributed by atoms with Crippen molar-refractivity contribution >= 4 is 17.4 Å². The highest BCUT2D eigenvalue weighted by molar-refractivity contribution is 6.04. The first-order valence-corrected chi connectivity index (χ1v) is 8.09. The summed E-state index contributed by atoms with van der Waals surface area (Å²) in [5.74, 6) is 0.586. The maximum Gasteiger partial charge on any atom is 0.255 e. The van der Waals surface area contributed by atoms with Crippen molar-refractivity contribution in [2.45, 2.75) is 18.5 Å². The molecule has 6 heteroatoms. The lowest BCUT2D eigenvalue weighted by Crippen LogP contribution is -2.52. The van der Waals surface area contributed by atoms with Gasteiger partial charge in [-0.15, -0.1) is 0 Å². The number of amides is 1. The lowest BCUT2D eigenvalue weighted by Gasteiger charge is -2.42. The average Bonchev–Trinajstić information content (AvgIpc) is 2.62. The monoisotopic (exact) mass is 321 g/mol. The van der Waals surface area contributed by atoms with Gasteiger partial charge in [0, 0.05) is 49.6 Å². The number of carbonyl (C=O) groups excluding carboxylic acids is 1. The Labute approximate surface area is 140 Å². The molecule has 6 nitrogen and oxygen atoms in total. The number of rotatable bonds is 1. The van der Waals surface area contributed by atoms with Crippen LogP contribution in [-0.4, -0.2) is 40.4 Å². The van der Waals surface area contributed by atoms with E-state index in [2.05, 4.69) is 10.3 Å². The molecule has 1 aromatic carbocycles. The zero-order valence-corrected chi connectivity index (χ0v) is 13.3. The summed E-state index contributed by atoms with van der Waals surface area (Å²) in [6, 6.07) is 11.5. The number of amidine groups is 1. The molecule has 1 amide bonds. The van der Waals surface area contributed by atoms with E-state index in [1.165, 1.54) is 0 Å². The van der Waals surface area contributed by atoms with Crippen LogP contribution >= 0.6 is 0 Å². The van der Waals surface area contributed by atoms with E-state index < -0.39 is 5.66 Å². The lowest BCUT2D eigenvalue weighted by atomic mass is 9.93. The van der Waals surface area contributed by atoms with Crippen molar-refractivity contribution in [1.82, 2.24) is 9.88 Å². The molecule has 3 heterocycles. The van der Waals surface area contributed by atoms with Crippen LogP contribution in [0.15, 0.2) is 53.8 Å². The van der Waals surface area contributed by atoms with E-state index >= 15 is 0 Å². The number of nitrogens with two attached hydrogens (primary N) is 1. The number of likely N-dealkylation sites (tertiary alicyclic amines) is 1. The third-order valence-electron chi connectivity index (χ3n) is 4.69. The molecule has 2 aliphatic heterocycles. The summed E-state index contributed by atoms with van der Waals surface area (Å²) >= 11 is 0. The molecule has 2 aliphatic rings. The molecule has 1 saturated heterocycles. The van der Waals surface area contributed by atoms with E-state index in [4.69, 9.17) is 10.7 Å². The van der Waals surface area contributed by atoms with Crippen LogP contribution < -0.4 is 11.1 Å². The van der Waals surface area contributed by atoms with Gasteiger partial charge in [0.25, 0.3) is 5.91 Å². The van der Waals surface area contributed by atoms with Gasteiger partial charge in [-0.1, -0.05) is 12.1 Å². The first-order chi connectivity index (χ1) is 11.7. The second-order valence-corrected chi connectivity index (χ2v) is 6.23. The molecule has 24 heavy (non-hydrogen) atoms. The fourth-order valence-corrected chi connectivity index (χ4v) is 3.37. The standard InChI is InChI=1S/C18H19N5O/c19-16-14-5-1-2-6-15(14)21-18(22-16)7-10-23(11-8-18)17(24)13-4-3-9-20-12-13/h1-6,9,12,21H,7-8,10-11H2,(H2,19,22). The van der Waals surface area contributed by atoms with Crippen molar-refractivity contribution in [3.05, 3.63) is 59.9 Å². The Hall–Kier alpha value is -2.89. The normalized spacial score (nSPS) is 18.5. The third kappa shape index (κ3) is 2.50. The quantitative estimate of drug-likeness (QED) is 0.839. The molecule has 0 atom stereocenters. The highest BCUT2D eigenvalue weighted by atomic mass is 16.2. The number of carbonyl (C=O) groups is 1. The van der Waals surface area contributed by atoms with Gasteiger partial charge in [-0.2, -0.15) is 0 Å². The van der Waals surface area contributed by atoms with Gasteiger partial charge in [0.05, 0.1) is 5.56 Å². The van der Waals surface area contributed by atoms with Crippen molar-refractivity contribution in [2.24, 2.45) is 10.7 Å². The summed E-state index contributed by atoms with van der Waals surface area (Å²) in [6.07, 6.45) is 4.74. The maximum absolute atomic E-state index is 12.5. The Morgan fingerprint density at radius 3 is 2.71 bits per heavy atom. The average molecular weight is 321 g/mol. The van der Waals surface area contributed by atoms with Crippen LogP contribution in [-0.2, 0) is 0 Å². The minimum atomic E-state index is -0.413. The Morgan fingerprint density at radius 2 is 1.96 bits per heavy atom. The van der Waals surface area contributed by atoms with Gasteiger partial charge in [-0.3, -0.25) is 9.78 Å². The summed E-state index contributed by atoms with van der Waals surface area (Å²) < 4.78 is 0. The van der Waals surface area contributed by atoms with E-state index in [1.807, 2.05) is 29.2 Å².